The molecule has 1 atom stereocenters. The van der Waals surface area contributed by atoms with Crippen molar-refractivity contribution in [2.24, 2.45) is 13.0 Å². The summed E-state index contributed by atoms with van der Waals surface area (Å²) in [6.45, 7) is 6.20. The first-order valence-electron chi connectivity index (χ1n) is 13.4. The third kappa shape index (κ3) is 6.89. The third-order valence-corrected chi connectivity index (χ3v) is 8.72. The van der Waals surface area contributed by atoms with Gasteiger partial charge in [-0.3, -0.25) is 14.3 Å². The lowest BCUT2D eigenvalue weighted by molar-refractivity contribution is -0.129. The Bertz CT molecular complexity index is 1450. The monoisotopic (exact) mass is 571 g/mol. The first kappa shape index (κ1) is 29.3. The molecule has 2 N–H and O–H groups in total. The SMILES string of the molecule is Cc1c(S(=O)(=O)N2CCCOc3cccc(c3)-c3nccn3CCNC(=O)[C@@H](CC(C)C)NC(=O)C2)cnn1C. The van der Waals surface area contributed by atoms with Crippen LogP contribution < -0.4 is 15.4 Å². The van der Waals surface area contributed by atoms with Crippen LogP contribution in [-0.4, -0.2) is 76.2 Å². The Morgan fingerprint density at radius 2 is 2.00 bits per heavy atom. The second-order valence-electron chi connectivity index (χ2n) is 10.3. The summed E-state index contributed by atoms with van der Waals surface area (Å²) in [6, 6.07) is 6.69. The molecule has 40 heavy (non-hydrogen) atoms. The zero-order valence-corrected chi connectivity index (χ0v) is 24.1. The maximum atomic E-state index is 13.6. The van der Waals surface area contributed by atoms with Gasteiger partial charge >= 0.3 is 0 Å². The number of hydrogen-bond acceptors (Lipinski definition) is 7. The van der Waals surface area contributed by atoms with Crippen molar-refractivity contribution in [3.8, 4) is 17.1 Å². The van der Waals surface area contributed by atoms with Gasteiger partial charge in [0.05, 0.1) is 25.0 Å². The zero-order chi connectivity index (χ0) is 28.9. The zero-order valence-electron chi connectivity index (χ0n) is 23.3. The molecule has 0 saturated carbocycles. The highest BCUT2D eigenvalue weighted by Gasteiger charge is 2.31. The number of imidazole rings is 1. The number of fused-ring (bicyclic) bond motifs is 4. The summed E-state index contributed by atoms with van der Waals surface area (Å²) in [5, 5.41) is 9.74. The second kappa shape index (κ2) is 12.6. The Labute approximate surface area is 234 Å². The Hall–Kier alpha value is -3.71. The molecule has 1 aliphatic rings. The fraction of sp³-hybridized carbons (Fsp3) is 0.481. The highest BCUT2D eigenvalue weighted by atomic mass is 32.2. The van der Waals surface area contributed by atoms with E-state index in [1.54, 1.807) is 20.2 Å². The fourth-order valence-corrected chi connectivity index (χ4v) is 6.21. The van der Waals surface area contributed by atoms with Crippen molar-refractivity contribution in [1.29, 1.82) is 0 Å². The lowest BCUT2D eigenvalue weighted by Crippen LogP contribution is -2.51. The molecular formula is C27H37N7O5S. The van der Waals surface area contributed by atoms with E-state index in [-0.39, 0.29) is 29.9 Å². The average Bonchev–Trinajstić information content (AvgIpc) is 3.51. The van der Waals surface area contributed by atoms with Gasteiger partial charge in [-0.2, -0.15) is 9.40 Å². The summed E-state index contributed by atoms with van der Waals surface area (Å²) in [6.07, 6.45) is 5.58. The first-order chi connectivity index (χ1) is 19.1. The van der Waals surface area contributed by atoms with Gasteiger partial charge in [-0.05, 0) is 37.8 Å². The smallest absolute Gasteiger partial charge is 0.246 e. The van der Waals surface area contributed by atoms with Crippen LogP contribution in [0.3, 0.4) is 0 Å². The molecule has 4 rings (SSSR count). The summed E-state index contributed by atoms with van der Waals surface area (Å²) in [4.78, 5) is 30.8. The van der Waals surface area contributed by atoms with Crippen LogP contribution in [0.25, 0.3) is 11.4 Å². The Morgan fingerprint density at radius 3 is 2.73 bits per heavy atom. The predicted molar refractivity (Wildman–Crippen MR) is 149 cm³/mol. The standard InChI is InChI=1S/C27H37N7O5S/c1-19(2)15-23-27(36)29-10-13-33-12-9-28-26(33)21-7-5-8-22(16-21)39-14-6-11-34(18-25(35)31-23)40(37,38)24-17-30-32(4)20(24)3/h5,7-9,12,16-17,19,23H,6,10-11,13-15,18H2,1-4H3,(H,29,36)(H,31,35)/t23-/m1/s1. The normalized spacial score (nSPS) is 18.3. The summed E-state index contributed by atoms with van der Waals surface area (Å²) in [5.74, 6) is 0.594. The van der Waals surface area contributed by atoms with Crippen LogP contribution in [0.15, 0.2) is 47.8 Å². The molecule has 0 saturated heterocycles. The molecule has 2 amide bonds. The number of carbonyl (C=O) groups excluding carboxylic acids is 2. The third-order valence-electron chi connectivity index (χ3n) is 6.77. The van der Waals surface area contributed by atoms with E-state index in [1.165, 1.54) is 10.9 Å². The second-order valence-corrected chi connectivity index (χ2v) is 12.2. The number of aromatic nitrogens is 4. The molecule has 0 spiro atoms. The van der Waals surface area contributed by atoms with Gasteiger partial charge in [0.15, 0.2) is 0 Å². The first-order valence-corrected chi connectivity index (χ1v) is 14.8. The fourth-order valence-electron chi connectivity index (χ4n) is 4.59. The summed E-state index contributed by atoms with van der Waals surface area (Å²) in [7, 11) is -2.39. The van der Waals surface area contributed by atoms with Crippen LogP contribution in [0.5, 0.6) is 5.75 Å². The summed E-state index contributed by atoms with van der Waals surface area (Å²) in [5.41, 5.74) is 1.32. The average molecular weight is 572 g/mol. The van der Waals surface area contributed by atoms with Gasteiger partial charge in [0.1, 0.15) is 22.5 Å². The van der Waals surface area contributed by atoms with Crippen molar-refractivity contribution in [2.75, 3.05) is 26.2 Å². The number of benzene rings is 1. The lowest BCUT2D eigenvalue weighted by Gasteiger charge is -2.24. The minimum atomic E-state index is -4.05. The molecule has 3 aromatic rings. The van der Waals surface area contributed by atoms with Gasteiger partial charge in [-0.1, -0.05) is 26.0 Å². The largest absolute Gasteiger partial charge is 0.494 e. The number of nitrogens with one attached hydrogen (secondary N) is 2. The molecule has 216 valence electrons. The highest BCUT2D eigenvalue weighted by Crippen LogP contribution is 2.24. The van der Waals surface area contributed by atoms with Gasteiger partial charge in [-0.25, -0.2) is 13.4 Å². The molecule has 13 heteroatoms. The van der Waals surface area contributed by atoms with Crippen LogP contribution in [0.2, 0.25) is 0 Å². The number of amides is 2. The van der Waals surface area contributed by atoms with E-state index < -0.39 is 28.5 Å². The maximum Gasteiger partial charge on any atom is 0.246 e. The molecule has 1 aromatic carbocycles. The van der Waals surface area contributed by atoms with Crippen LogP contribution in [0.4, 0.5) is 0 Å². The number of hydrogen-bond donors (Lipinski definition) is 2. The van der Waals surface area contributed by atoms with Crippen LogP contribution in [-0.2, 0) is 33.2 Å². The molecule has 0 fully saturated rings. The quantitative estimate of drug-likeness (QED) is 0.486. The van der Waals surface area contributed by atoms with E-state index in [0.29, 0.717) is 37.4 Å². The van der Waals surface area contributed by atoms with Gasteiger partial charge in [0.2, 0.25) is 21.8 Å². The minimum absolute atomic E-state index is 0.0329. The Balaban J connectivity index is 1.64. The molecule has 2 aromatic heterocycles. The van der Waals surface area contributed by atoms with Gasteiger partial charge < -0.3 is 19.9 Å². The molecule has 1 aliphatic heterocycles. The Kier molecular flexibility index (Phi) is 9.25. The van der Waals surface area contributed by atoms with Crippen molar-refractivity contribution in [3.05, 3.63) is 48.5 Å². The summed E-state index contributed by atoms with van der Waals surface area (Å²) >= 11 is 0. The van der Waals surface area contributed by atoms with Crippen LogP contribution in [0.1, 0.15) is 32.4 Å². The van der Waals surface area contributed by atoms with E-state index in [1.807, 2.05) is 48.9 Å². The number of rotatable bonds is 4. The predicted octanol–water partition coefficient (Wildman–Crippen LogP) is 1.71. The molecule has 0 unspecified atom stereocenters. The maximum absolute atomic E-state index is 13.6. The van der Waals surface area contributed by atoms with E-state index in [4.69, 9.17) is 4.74 Å². The van der Waals surface area contributed by atoms with Gasteiger partial charge in [-0.15, -0.1) is 0 Å². The molecule has 12 nitrogen and oxygen atoms in total. The number of nitrogens with zero attached hydrogens (tertiary/aromatic N) is 5. The minimum Gasteiger partial charge on any atom is -0.494 e. The Morgan fingerprint density at radius 1 is 1.20 bits per heavy atom. The molecule has 0 aliphatic carbocycles. The van der Waals surface area contributed by atoms with Crippen molar-refractivity contribution in [3.63, 3.8) is 0 Å². The number of sulfonamides is 1. The summed E-state index contributed by atoms with van der Waals surface area (Å²) < 4.78 is 37.7. The number of aryl methyl sites for hydroxylation is 1. The van der Waals surface area contributed by atoms with E-state index >= 15 is 0 Å². The molecule has 2 bridgehead atoms. The van der Waals surface area contributed by atoms with Crippen molar-refractivity contribution < 1.29 is 22.7 Å². The number of ether oxygens (including phenoxy) is 1. The van der Waals surface area contributed by atoms with Crippen molar-refractivity contribution in [1.82, 2.24) is 34.3 Å². The highest BCUT2D eigenvalue weighted by molar-refractivity contribution is 7.89. The molecule has 3 heterocycles. The van der Waals surface area contributed by atoms with E-state index in [9.17, 15) is 18.0 Å². The lowest BCUT2D eigenvalue weighted by atomic mass is 10.0. The number of carbonyl (C=O) groups is 2. The van der Waals surface area contributed by atoms with Gasteiger partial charge in [0.25, 0.3) is 0 Å². The van der Waals surface area contributed by atoms with Crippen molar-refractivity contribution in [2.45, 2.75) is 51.1 Å². The van der Waals surface area contributed by atoms with E-state index in [2.05, 4.69) is 20.7 Å². The molecule has 0 radical (unpaired) electrons. The van der Waals surface area contributed by atoms with E-state index in [0.717, 1.165) is 15.7 Å². The van der Waals surface area contributed by atoms with Crippen LogP contribution in [0, 0.1) is 12.8 Å². The topological polar surface area (TPSA) is 140 Å². The van der Waals surface area contributed by atoms with Gasteiger partial charge in [0, 0.05) is 44.6 Å². The van der Waals surface area contributed by atoms with Crippen molar-refractivity contribution >= 4 is 21.8 Å². The van der Waals surface area contributed by atoms with Crippen LogP contribution >= 0.6 is 0 Å². The molecular weight excluding hydrogens is 534 g/mol.